The number of amidine groups is 1. The maximum absolute atomic E-state index is 14.8. The number of pyridine rings is 1. The van der Waals surface area contributed by atoms with Gasteiger partial charge in [-0.3, -0.25) is 9.88 Å². The van der Waals surface area contributed by atoms with E-state index in [1.54, 1.807) is 24.3 Å². The number of cyclic esters (lactones) is 1. The van der Waals surface area contributed by atoms with Gasteiger partial charge in [0, 0.05) is 30.4 Å². The highest BCUT2D eigenvalue weighted by Gasteiger charge is 2.31. The molecule has 1 aliphatic heterocycles. The molecule has 1 saturated heterocycles. The van der Waals surface area contributed by atoms with Crippen molar-refractivity contribution < 1.29 is 13.9 Å². The number of hydrogen-bond acceptors (Lipinski definition) is 8. The molecule has 0 radical (unpaired) electrons. The van der Waals surface area contributed by atoms with Crippen LogP contribution in [0.4, 0.5) is 14.9 Å². The van der Waals surface area contributed by atoms with Crippen LogP contribution in [0.5, 0.6) is 0 Å². The minimum absolute atomic E-state index is 0.158. The van der Waals surface area contributed by atoms with E-state index in [-0.39, 0.29) is 18.9 Å². The number of carbonyl (C=O) groups is 1. The van der Waals surface area contributed by atoms with Crippen molar-refractivity contribution in [3.63, 3.8) is 0 Å². The van der Waals surface area contributed by atoms with E-state index in [0.717, 1.165) is 6.54 Å². The van der Waals surface area contributed by atoms with Crippen LogP contribution in [0.2, 0.25) is 0 Å². The SMILES string of the molecule is CN(C)CCN(N)/N=C(\N)c1ccc(-c2ccc(N3CC(CN)OC3=O)cc2F)cn1. The zero-order chi connectivity index (χ0) is 22.5. The first-order chi connectivity index (χ1) is 14.8. The topological polar surface area (TPSA) is 139 Å². The quantitative estimate of drug-likeness (QED) is 0.238. The number of likely N-dealkylation sites (N-methyl/N-ethyl adjacent to an activating group) is 1. The molecule has 3 rings (SSSR count). The molecule has 6 N–H and O–H groups in total. The lowest BCUT2D eigenvalue weighted by Gasteiger charge is -2.16. The number of carbonyl (C=O) groups excluding carboxylic acids is 1. The lowest BCUT2D eigenvalue weighted by atomic mass is 10.1. The van der Waals surface area contributed by atoms with Crippen molar-refractivity contribution in [3.05, 3.63) is 48.0 Å². The number of hydrazine groups is 1. The largest absolute Gasteiger partial charge is 0.443 e. The molecule has 1 aromatic carbocycles. The first kappa shape index (κ1) is 22.4. The molecular formula is C20H27FN8O2. The third kappa shape index (κ3) is 5.45. The summed E-state index contributed by atoms with van der Waals surface area (Å²) in [5, 5.41) is 5.35. The molecule has 0 bridgehead atoms. The van der Waals surface area contributed by atoms with Crippen LogP contribution >= 0.6 is 0 Å². The standard InChI is InChI=1S/C20H27FN8O2/c1-27(2)7-8-29(24)26-19(23)18-6-3-13(11-25-18)16-5-4-14(9-17(16)21)28-12-15(10-22)31-20(28)30/h3-6,9,11,15H,7-8,10,12,22,24H2,1-2H3,(H2,23,26). The third-order valence-corrected chi connectivity index (χ3v) is 4.75. The monoisotopic (exact) mass is 430 g/mol. The van der Waals surface area contributed by atoms with Crippen LogP contribution in [0.3, 0.4) is 0 Å². The average Bonchev–Trinajstić information content (AvgIpc) is 3.13. The van der Waals surface area contributed by atoms with E-state index < -0.39 is 18.0 Å². The van der Waals surface area contributed by atoms with Crippen molar-refractivity contribution in [3.8, 4) is 11.1 Å². The number of nitrogens with zero attached hydrogens (tertiary/aromatic N) is 5. The first-order valence-corrected chi connectivity index (χ1v) is 9.74. The van der Waals surface area contributed by atoms with Gasteiger partial charge in [0.15, 0.2) is 5.84 Å². The number of aromatic nitrogens is 1. The van der Waals surface area contributed by atoms with Crippen LogP contribution in [0.25, 0.3) is 11.1 Å². The second kappa shape index (κ2) is 9.69. The predicted molar refractivity (Wildman–Crippen MR) is 116 cm³/mol. The van der Waals surface area contributed by atoms with Gasteiger partial charge >= 0.3 is 6.09 Å². The van der Waals surface area contributed by atoms with Gasteiger partial charge < -0.3 is 21.1 Å². The molecule has 1 fully saturated rings. The molecule has 10 nitrogen and oxygen atoms in total. The average molecular weight is 430 g/mol. The van der Waals surface area contributed by atoms with Crippen molar-refractivity contribution in [2.75, 3.05) is 45.2 Å². The Bertz CT molecular complexity index is 951. The van der Waals surface area contributed by atoms with Crippen LogP contribution in [-0.4, -0.2) is 73.3 Å². The zero-order valence-corrected chi connectivity index (χ0v) is 17.5. The Hall–Kier alpha value is -3.28. The number of ether oxygens (including phenoxy) is 1. The fourth-order valence-electron chi connectivity index (χ4n) is 3.01. The molecular weight excluding hydrogens is 403 g/mol. The van der Waals surface area contributed by atoms with Crippen LogP contribution in [0.15, 0.2) is 41.6 Å². The van der Waals surface area contributed by atoms with Gasteiger partial charge in [-0.05, 0) is 38.4 Å². The summed E-state index contributed by atoms with van der Waals surface area (Å²) in [5.74, 6) is 5.48. The lowest BCUT2D eigenvalue weighted by Crippen LogP contribution is -2.35. The van der Waals surface area contributed by atoms with Gasteiger partial charge in [-0.1, -0.05) is 6.07 Å². The molecule has 1 unspecified atom stereocenters. The molecule has 31 heavy (non-hydrogen) atoms. The summed E-state index contributed by atoms with van der Waals surface area (Å²) in [6, 6.07) is 7.86. The summed E-state index contributed by atoms with van der Waals surface area (Å²) in [5.41, 5.74) is 13.2. The molecule has 1 aliphatic rings. The zero-order valence-electron chi connectivity index (χ0n) is 17.5. The van der Waals surface area contributed by atoms with E-state index >= 15 is 0 Å². The number of anilines is 1. The molecule has 0 aliphatic carbocycles. The second-order valence-corrected chi connectivity index (χ2v) is 7.40. The van der Waals surface area contributed by atoms with E-state index in [0.29, 0.717) is 29.1 Å². The van der Waals surface area contributed by atoms with E-state index in [9.17, 15) is 9.18 Å². The molecule has 2 aromatic rings. The summed E-state index contributed by atoms with van der Waals surface area (Å²) in [4.78, 5) is 19.5. The summed E-state index contributed by atoms with van der Waals surface area (Å²) >= 11 is 0. The van der Waals surface area contributed by atoms with E-state index in [4.69, 9.17) is 22.0 Å². The van der Waals surface area contributed by atoms with Gasteiger partial charge in [-0.25, -0.2) is 20.1 Å². The Balaban J connectivity index is 1.73. The molecule has 11 heteroatoms. The third-order valence-electron chi connectivity index (χ3n) is 4.75. The summed E-state index contributed by atoms with van der Waals surface area (Å²) < 4.78 is 19.9. The molecule has 166 valence electrons. The number of nitrogens with two attached hydrogens (primary N) is 3. The molecule has 1 aromatic heterocycles. The molecule has 0 saturated carbocycles. The number of hydrogen-bond donors (Lipinski definition) is 3. The van der Waals surface area contributed by atoms with Crippen LogP contribution in [0, 0.1) is 5.82 Å². The van der Waals surface area contributed by atoms with E-state index in [1.165, 1.54) is 22.3 Å². The van der Waals surface area contributed by atoms with Crippen LogP contribution in [-0.2, 0) is 4.74 Å². The molecule has 1 amide bonds. The number of rotatable bonds is 8. The Kier molecular flexibility index (Phi) is 7.00. The first-order valence-electron chi connectivity index (χ1n) is 9.74. The van der Waals surface area contributed by atoms with Crippen molar-refractivity contribution in [2.24, 2.45) is 22.4 Å². The Labute approximate surface area is 180 Å². The summed E-state index contributed by atoms with van der Waals surface area (Å²) in [7, 11) is 3.86. The maximum atomic E-state index is 14.8. The smallest absolute Gasteiger partial charge is 0.414 e. The van der Waals surface area contributed by atoms with Crippen molar-refractivity contribution in [2.45, 2.75) is 6.10 Å². The highest BCUT2D eigenvalue weighted by Crippen LogP contribution is 2.28. The summed E-state index contributed by atoms with van der Waals surface area (Å²) in [6.45, 7) is 1.72. The van der Waals surface area contributed by atoms with Gasteiger partial charge in [-0.2, -0.15) is 0 Å². The van der Waals surface area contributed by atoms with E-state index in [2.05, 4.69) is 10.1 Å². The Morgan fingerprint density at radius 2 is 2.10 bits per heavy atom. The summed E-state index contributed by atoms with van der Waals surface area (Å²) in [6.07, 6.45) is 0.569. The highest BCUT2D eigenvalue weighted by atomic mass is 19.1. The number of amides is 1. The molecule has 2 heterocycles. The van der Waals surface area contributed by atoms with Gasteiger partial charge in [0.2, 0.25) is 0 Å². The number of hydrazone groups is 1. The van der Waals surface area contributed by atoms with Crippen LogP contribution < -0.4 is 22.2 Å². The molecule has 0 spiro atoms. The van der Waals surface area contributed by atoms with Gasteiger partial charge in [0.05, 0.1) is 18.8 Å². The minimum atomic E-state index is -0.539. The van der Waals surface area contributed by atoms with Crippen molar-refractivity contribution in [1.82, 2.24) is 15.0 Å². The fourth-order valence-corrected chi connectivity index (χ4v) is 3.01. The normalized spacial score (nSPS) is 16.7. The van der Waals surface area contributed by atoms with E-state index in [1.807, 2.05) is 19.0 Å². The minimum Gasteiger partial charge on any atom is -0.443 e. The van der Waals surface area contributed by atoms with Gasteiger partial charge in [0.25, 0.3) is 0 Å². The highest BCUT2D eigenvalue weighted by molar-refractivity contribution is 5.95. The van der Waals surface area contributed by atoms with Gasteiger partial charge in [0.1, 0.15) is 17.6 Å². The number of halogens is 1. The predicted octanol–water partition coefficient (Wildman–Crippen LogP) is 0.529. The Morgan fingerprint density at radius 1 is 1.32 bits per heavy atom. The number of benzene rings is 1. The maximum Gasteiger partial charge on any atom is 0.414 e. The van der Waals surface area contributed by atoms with Gasteiger partial charge in [-0.15, -0.1) is 5.10 Å². The Morgan fingerprint density at radius 3 is 2.68 bits per heavy atom. The van der Waals surface area contributed by atoms with Crippen LogP contribution in [0.1, 0.15) is 5.69 Å². The van der Waals surface area contributed by atoms with Crippen molar-refractivity contribution >= 4 is 17.6 Å². The lowest BCUT2D eigenvalue weighted by molar-refractivity contribution is 0.145. The van der Waals surface area contributed by atoms with Crippen molar-refractivity contribution in [1.29, 1.82) is 0 Å². The fraction of sp³-hybridized carbons (Fsp3) is 0.350. The molecule has 1 atom stereocenters. The second-order valence-electron chi connectivity index (χ2n) is 7.40.